The van der Waals surface area contributed by atoms with Crippen LogP contribution >= 0.6 is 0 Å². The van der Waals surface area contributed by atoms with Crippen LogP contribution in [0.5, 0.6) is 0 Å². The molecule has 0 aliphatic rings. The second-order valence-corrected chi connectivity index (χ2v) is 7.50. The second-order valence-electron chi connectivity index (χ2n) is 7.50. The van der Waals surface area contributed by atoms with E-state index in [1.54, 1.807) is 0 Å². The molecule has 2 nitrogen and oxygen atoms in total. The molecule has 0 heterocycles. The third-order valence-electron chi connectivity index (χ3n) is 4.86. The molecule has 1 aromatic carbocycles. The summed E-state index contributed by atoms with van der Waals surface area (Å²) in [5.74, 6) is 0. The minimum Gasteiger partial charge on any atom is -0.399 e. The molecule has 1 aromatic rings. The van der Waals surface area contributed by atoms with Gasteiger partial charge >= 0.3 is 0 Å². The van der Waals surface area contributed by atoms with Crippen LogP contribution in [0.2, 0.25) is 0 Å². The molecule has 0 aromatic heterocycles. The number of rotatable bonds is 16. The van der Waals surface area contributed by atoms with E-state index in [1.807, 2.05) is 30.3 Å². The van der Waals surface area contributed by atoms with Gasteiger partial charge in [0.2, 0.25) is 0 Å². The molecule has 0 fully saturated rings. The largest absolute Gasteiger partial charge is 0.399 e. The van der Waals surface area contributed by atoms with Gasteiger partial charge in [0.15, 0.2) is 0 Å². The number of para-hydroxylation sites is 1. The quantitative estimate of drug-likeness (QED) is 0.236. The first kappa shape index (κ1) is 25.0. The maximum atomic E-state index is 5.48. The number of unbranched alkanes of at least 4 members (excludes halogenated alkanes) is 15. The maximum absolute atomic E-state index is 5.48. The molecular formula is C24H46N2. The van der Waals surface area contributed by atoms with E-state index in [0.717, 1.165) is 12.2 Å². The Morgan fingerprint density at radius 2 is 0.885 bits per heavy atom. The van der Waals surface area contributed by atoms with E-state index in [1.165, 1.54) is 103 Å². The van der Waals surface area contributed by atoms with E-state index in [0.29, 0.717) is 0 Å². The summed E-state index contributed by atoms with van der Waals surface area (Å²) in [7, 11) is 0. The van der Waals surface area contributed by atoms with E-state index in [4.69, 9.17) is 11.5 Å². The molecule has 0 unspecified atom stereocenters. The van der Waals surface area contributed by atoms with Crippen molar-refractivity contribution in [1.29, 1.82) is 0 Å². The van der Waals surface area contributed by atoms with Crippen LogP contribution in [0.4, 0.5) is 5.69 Å². The molecule has 0 spiro atoms. The molecule has 4 N–H and O–H groups in total. The van der Waals surface area contributed by atoms with Crippen LogP contribution in [0.15, 0.2) is 30.3 Å². The van der Waals surface area contributed by atoms with Crippen molar-refractivity contribution < 1.29 is 0 Å². The van der Waals surface area contributed by atoms with E-state index >= 15 is 0 Å². The summed E-state index contributed by atoms with van der Waals surface area (Å²) in [6.45, 7) is 3.16. The lowest BCUT2D eigenvalue weighted by molar-refractivity contribution is 0.530. The van der Waals surface area contributed by atoms with Gasteiger partial charge in [-0.3, -0.25) is 0 Å². The van der Waals surface area contributed by atoms with Gasteiger partial charge in [0.05, 0.1) is 0 Å². The summed E-state index contributed by atoms with van der Waals surface area (Å²) in [5.41, 5.74) is 11.7. The van der Waals surface area contributed by atoms with Crippen LogP contribution in [0.1, 0.15) is 110 Å². The standard InChI is InChI=1S/C18H39N.C6H7N/c1-2-3-4-5-6-7-8-9-10-11-12-13-14-15-16-17-18-19;7-6-4-2-1-3-5-6/h2-19H2,1H3;1-5H,7H2. The van der Waals surface area contributed by atoms with Crippen LogP contribution in [0, 0.1) is 0 Å². The third kappa shape index (κ3) is 21.0. The van der Waals surface area contributed by atoms with Crippen LogP contribution in [-0.4, -0.2) is 6.54 Å². The molecule has 0 aliphatic heterocycles. The molecule has 0 aliphatic carbocycles. The average molecular weight is 363 g/mol. The fourth-order valence-corrected chi connectivity index (χ4v) is 3.15. The van der Waals surface area contributed by atoms with Crippen LogP contribution in [0.25, 0.3) is 0 Å². The Balaban J connectivity index is 0.000000735. The van der Waals surface area contributed by atoms with E-state index in [2.05, 4.69) is 6.92 Å². The van der Waals surface area contributed by atoms with Gasteiger partial charge in [-0.15, -0.1) is 0 Å². The number of benzene rings is 1. The summed E-state index contributed by atoms with van der Waals surface area (Å²) in [6.07, 6.45) is 22.9. The average Bonchev–Trinajstić information content (AvgIpc) is 2.66. The fraction of sp³-hybridized carbons (Fsp3) is 0.750. The normalized spacial score (nSPS) is 10.4. The molecule has 0 amide bonds. The van der Waals surface area contributed by atoms with Gasteiger partial charge in [-0.1, -0.05) is 121 Å². The smallest absolute Gasteiger partial charge is 0.0313 e. The lowest BCUT2D eigenvalue weighted by atomic mass is 10.0. The first-order valence-electron chi connectivity index (χ1n) is 11.3. The molecular weight excluding hydrogens is 316 g/mol. The van der Waals surface area contributed by atoms with Gasteiger partial charge in [0, 0.05) is 5.69 Å². The minimum atomic E-state index is 0.822. The van der Waals surface area contributed by atoms with Crippen molar-refractivity contribution in [2.45, 2.75) is 110 Å². The molecule has 1 rings (SSSR count). The van der Waals surface area contributed by atoms with Crippen molar-refractivity contribution in [3.63, 3.8) is 0 Å². The second kappa shape index (κ2) is 22.0. The zero-order valence-electron chi connectivity index (χ0n) is 17.6. The van der Waals surface area contributed by atoms with E-state index in [9.17, 15) is 0 Å². The van der Waals surface area contributed by atoms with Crippen molar-refractivity contribution in [2.24, 2.45) is 5.73 Å². The number of nitrogen functional groups attached to an aromatic ring is 1. The molecule has 26 heavy (non-hydrogen) atoms. The van der Waals surface area contributed by atoms with E-state index < -0.39 is 0 Å². The molecule has 0 bridgehead atoms. The molecule has 0 radical (unpaired) electrons. The Labute approximate surface area is 164 Å². The number of anilines is 1. The van der Waals surface area contributed by atoms with Gasteiger partial charge < -0.3 is 11.5 Å². The highest BCUT2D eigenvalue weighted by Crippen LogP contribution is 2.13. The minimum absolute atomic E-state index is 0.822. The van der Waals surface area contributed by atoms with Gasteiger partial charge in [0.1, 0.15) is 0 Å². The Bertz CT molecular complexity index is 334. The Kier molecular flexibility index (Phi) is 21.2. The number of hydrogen-bond acceptors (Lipinski definition) is 2. The summed E-state index contributed by atoms with van der Waals surface area (Å²) >= 11 is 0. The summed E-state index contributed by atoms with van der Waals surface area (Å²) in [5, 5.41) is 0. The van der Waals surface area contributed by atoms with Crippen molar-refractivity contribution in [3.05, 3.63) is 30.3 Å². The van der Waals surface area contributed by atoms with Crippen LogP contribution in [0.3, 0.4) is 0 Å². The van der Waals surface area contributed by atoms with Gasteiger partial charge in [0.25, 0.3) is 0 Å². The zero-order chi connectivity index (χ0) is 19.1. The molecule has 152 valence electrons. The molecule has 0 saturated carbocycles. The van der Waals surface area contributed by atoms with Crippen LogP contribution in [-0.2, 0) is 0 Å². The lowest BCUT2D eigenvalue weighted by Crippen LogP contribution is -1.97. The monoisotopic (exact) mass is 362 g/mol. The Hall–Kier alpha value is -1.02. The highest BCUT2D eigenvalue weighted by atomic mass is 14.5. The highest BCUT2D eigenvalue weighted by molar-refractivity contribution is 5.35. The van der Waals surface area contributed by atoms with Crippen molar-refractivity contribution in [1.82, 2.24) is 0 Å². The SMILES string of the molecule is CCCCCCCCCCCCCCCCCCN.Nc1ccccc1. The lowest BCUT2D eigenvalue weighted by Gasteiger charge is -2.03. The number of nitrogens with two attached hydrogens (primary N) is 2. The molecule has 0 atom stereocenters. The van der Waals surface area contributed by atoms with Crippen molar-refractivity contribution in [3.8, 4) is 0 Å². The topological polar surface area (TPSA) is 52.0 Å². The van der Waals surface area contributed by atoms with Crippen molar-refractivity contribution in [2.75, 3.05) is 12.3 Å². The first-order valence-corrected chi connectivity index (χ1v) is 11.3. The molecule has 2 heteroatoms. The highest BCUT2D eigenvalue weighted by Gasteiger charge is 1.94. The Morgan fingerprint density at radius 3 is 1.15 bits per heavy atom. The Morgan fingerprint density at radius 1 is 0.538 bits per heavy atom. The van der Waals surface area contributed by atoms with Crippen LogP contribution < -0.4 is 11.5 Å². The zero-order valence-corrected chi connectivity index (χ0v) is 17.6. The first-order chi connectivity index (χ1) is 12.8. The van der Waals surface area contributed by atoms with E-state index in [-0.39, 0.29) is 0 Å². The van der Waals surface area contributed by atoms with Gasteiger partial charge in [-0.05, 0) is 25.1 Å². The molecule has 0 saturated heterocycles. The van der Waals surface area contributed by atoms with Crippen molar-refractivity contribution >= 4 is 5.69 Å². The summed E-state index contributed by atoms with van der Waals surface area (Å²) in [4.78, 5) is 0. The number of hydrogen-bond donors (Lipinski definition) is 2. The predicted molar refractivity (Wildman–Crippen MR) is 119 cm³/mol. The predicted octanol–water partition coefficient (Wildman–Crippen LogP) is 7.48. The van der Waals surface area contributed by atoms with Gasteiger partial charge in [-0.25, -0.2) is 0 Å². The third-order valence-corrected chi connectivity index (χ3v) is 4.86. The summed E-state index contributed by atoms with van der Waals surface area (Å²) < 4.78 is 0. The van der Waals surface area contributed by atoms with Gasteiger partial charge in [-0.2, -0.15) is 0 Å². The maximum Gasteiger partial charge on any atom is 0.0313 e. The summed E-state index contributed by atoms with van der Waals surface area (Å²) in [6, 6.07) is 9.49. The fourth-order valence-electron chi connectivity index (χ4n) is 3.15.